The van der Waals surface area contributed by atoms with Crippen LogP contribution in [0.1, 0.15) is 12.5 Å². The van der Waals surface area contributed by atoms with Crippen molar-refractivity contribution in [2.75, 3.05) is 57.6 Å². The van der Waals surface area contributed by atoms with Gasteiger partial charge in [0.25, 0.3) is 0 Å². The average Bonchev–Trinajstić information content (AvgIpc) is 2.67. The van der Waals surface area contributed by atoms with E-state index in [9.17, 15) is 8.42 Å². The van der Waals surface area contributed by atoms with E-state index in [0.29, 0.717) is 38.7 Å². The lowest BCUT2D eigenvalue weighted by Crippen LogP contribution is -2.44. The second-order valence-electron chi connectivity index (χ2n) is 6.23. The number of rotatable bonds is 8. The zero-order valence-electron chi connectivity index (χ0n) is 16.3. The molecule has 0 bridgehead atoms. The third-order valence-corrected chi connectivity index (χ3v) is 7.05. The molecule has 1 aliphatic rings. The van der Waals surface area contributed by atoms with Crippen LogP contribution in [0.2, 0.25) is 0 Å². The van der Waals surface area contributed by atoms with Crippen molar-refractivity contribution in [3.8, 4) is 5.75 Å². The number of nitrogens with zero attached hydrogens (tertiary/aromatic N) is 3. The quantitative estimate of drug-likeness (QED) is 0.513. The van der Waals surface area contributed by atoms with Crippen LogP contribution in [-0.2, 0) is 16.6 Å². The molecule has 9 heteroatoms. The van der Waals surface area contributed by atoms with E-state index in [1.54, 1.807) is 23.1 Å². The van der Waals surface area contributed by atoms with Crippen LogP contribution in [0, 0.1) is 0 Å². The summed E-state index contributed by atoms with van der Waals surface area (Å²) in [6.07, 6.45) is 0. The lowest BCUT2D eigenvalue weighted by Gasteiger charge is -2.26. The van der Waals surface area contributed by atoms with Gasteiger partial charge in [-0.15, -0.1) is 0 Å². The third-order valence-electron chi connectivity index (χ3n) is 4.23. The van der Waals surface area contributed by atoms with Gasteiger partial charge in [0.1, 0.15) is 5.75 Å². The number of hydrogen-bond donors (Lipinski definition) is 1. The van der Waals surface area contributed by atoms with Gasteiger partial charge in [0.2, 0.25) is 10.0 Å². The largest absolute Gasteiger partial charge is 0.494 e. The summed E-state index contributed by atoms with van der Waals surface area (Å²) in [6.45, 7) is 4.84. The molecular formula is C18H30N4O3S2. The van der Waals surface area contributed by atoms with Crippen molar-refractivity contribution in [1.29, 1.82) is 0 Å². The number of ether oxygens (including phenoxy) is 1. The highest BCUT2D eigenvalue weighted by Gasteiger charge is 2.23. The van der Waals surface area contributed by atoms with Crippen molar-refractivity contribution in [3.63, 3.8) is 0 Å². The second-order valence-corrected chi connectivity index (χ2v) is 9.55. The summed E-state index contributed by atoms with van der Waals surface area (Å²) < 4.78 is 31.9. The van der Waals surface area contributed by atoms with Gasteiger partial charge >= 0.3 is 0 Å². The minimum Gasteiger partial charge on any atom is -0.494 e. The third kappa shape index (κ3) is 6.90. The first-order valence-corrected chi connectivity index (χ1v) is 11.9. The highest BCUT2D eigenvalue weighted by molar-refractivity contribution is 7.99. The second kappa shape index (κ2) is 10.8. The maximum Gasteiger partial charge on any atom is 0.215 e. The van der Waals surface area contributed by atoms with Crippen LogP contribution < -0.4 is 10.1 Å². The number of nitrogens with one attached hydrogen (secondary N) is 1. The van der Waals surface area contributed by atoms with E-state index in [4.69, 9.17) is 4.74 Å². The van der Waals surface area contributed by atoms with Crippen LogP contribution in [0.5, 0.6) is 5.75 Å². The monoisotopic (exact) mass is 414 g/mol. The molecule has 0 spiro atoms. The van der Waals surface area contributed by atoms with Gasteiger partial charge in [-0.05, 0) is 24.6 Å². The summed E-state index contributed by atoms with van der Waals surface area (Å²) in [6, 6.07) is 7.94. The molecule has 1 aromatic rings. The zero-order chi connectivity index (χ0) is 19.7. The minimum absolute atomic E-state index is 0.0770. The Kier molecular flexibility index (Phi) is 8.72. The first-order valence-electron chi connectivity index (χ1n) is 9.15. The molecule has 0 unspecified atom stereocenters. The van der Waals surface area contributed by atoms with Gasteiger partial charge in [-0.1, -0.05) is 12.1 Å². The van der Waals surface area contributed by atoms with Gasteiger partial charge in [-0.3, -0.25) is 4.99 Å². The van der Waals surface area contributed by atoms with Gasteiger partial charge in [0, 0.05) is 51.8 Å². The molecule has 1 aromatic carbocycles. The molecule has 2 rings (SSSR count). The van der Waals surface area contributed by atoms with Gasteiger partial charge in [-0.25, -0.2) is 12.7 Å². The number of hydrogen-bond acceptors (Lipinski definition) is 5. The zero-order valence-corrected chi connectivity index (χ0v) is 18.0. The van der Waals surface area contributed by atoms with Crippen LogP contribution in [0.3, 0.4) is 0 Å². The molecule has 0 saturated carbocycles. The van der Waals surface area contributed by atoms with E-state index in [0.717, 1.165) is 22.8 Å². The Morgan fingerprint density at radius 1 is 1.30 bits per heavy atom. The Labute approximate surface area is 167 Å². The van der Waals surface area contributed by atoms with Crippen LogP contribution in [0.15, 0.2) is 29.3 Å². The van der Waals surface area contributed by atoms with Crippen LogP contribution >= 0.6 is 11.8 Å². The van der Waals surface area contributed by atoms with Gasteiger partial charge < -0.3 is 15.0 Å². The molecular weight excluding hydrogens is 384 g/mol. The smallest absolute Gasteiger partial charge is 0.215 e. The molecule has 0 aromatic heterocycles. The molecule has 1 aliphatic heterocycles. The highest BCUT2D eigenvalue weighted by Crippen LogP contribution is 2.14. The van der Waals surface area contributed by atoms with E-state index < -0.39 is 10.0 Å². The summed E-state index contributed by atoms with van der Waals surface area (Å²) >= 11 is 1.80. The molecule has 152 valence electrons. The number of thioether (sulfide) groups is 1. The van der Waals surface area contributed by atoms with E-state index in [2.05, 4.69) is 10.3 Å². The summed E-state index contributed by atoms with van der Waals surface area (Å²) in [4.78, 5) is 6.23. The molecule has 1 fully saturated rings. The Balaban J connectivity index is 1.83. The summed E-state index contributed by atoms with van der Waals surface area (Å²) in [7, 11) is 0.422. The SMILES string of the molecule is CCOc1ccc(CN(C)C(=NC)NCCS(=O)(=O)N2CCSCC2)cc1. The van der Waals surface area contributed by atoms with Crippen molar-refractivity contribution >= 4 is 27.7 Å². The van der Waals surface area contributed by atoms with Crippen molar-refractivity contribution in [2.24, 2.45) is 4.99 Å². The molecule has 0 atom stereocenters. The van der Waals surface area contributed by atoms with E-state index in [-0.39, 0.29) is 5.75 Å². The van der Waals surface area contributed by atoms with Crippen molar-refractivity contribution in [1.82, 2.24) is 14.5 Å². The Hall–Kier alpha value is -1.45. The van der Waals surface area contributed by atoms with Gasteiger partial charge in [0.15, 0.2) is 5.96 Å². The van der Waals surface area contributed by atoms with Crippen LogP contribution in [0.25, 0.3) is 0 Å². The Bertz CT molecular complexity index is 702. The van der Waals surface area contributed by atoms with Crippen molar-refractivity contribution < 1.29 is 13.2 Å². The number of aliphatic imine (C=N–C) groups is 1. The minimum atomic E-state index is -3.21. The normalized spacial score (nSPS) is 16.2. The summed E-state index contributed by atoms with van der Waals surface area (Å²) in [5, 5.41) is 3.16. The molecule has 1 saturated heterocycles. The maximum absolute atomic E-state index is 12.4. The fourth-order valence-electron chi connectivity index (χ4n) is 2.84. The lowest BCUT2D eigenvalue weighted by atomic mass is 10.2. The van der Waals surface area contributed by atoms with Crippen LogP contribution in [-0.4, -0.2) is 81.2 Å². The lowest BCUT2D eigenvalue weighted by molar-refractivity contribution is 0.340. The fraction of sp³-hybridized carbons (Fsp3) is 0.611. The molecule has 1 N–H and O–H groups in total. The molecule has 0 radical (unpaired) electrons. The van der Waals surface area contributed by atoms with Gasteiger partial charge in [-0.2, -0.15) is 11.8 Å². The molecule has 0 aliphatic carbocycles. The Morgan fingerprint density at radius 3 is 2.56 bits per heavy atom. The topological polar surface area (TPSA) is 74.2 Å². The van der Waals surface area contributed by atoms with E-state index >= 15 is 0 Å². The first kappa shape index (κ1) is 21.8. The highest BCUT2D eigenvalue weighted by atomic mass is 32.2. The number of benzene rings is 1. The summed E-state index contributed by atoms with van der Waals surface area (Å²) in [5.74, 6) is 3.35. The van der Waals surface area contributed by atoms with Crippen LogP contribution in [0.4, 0.5) is 0 Å². The van der Waals surface area contributed by atoms with E-state index in [1.165, 1.54) is 0 Å². The molecule has 7 nitrogen and oxygen atoms in total. The summed E-state index contributed by atoms with van der Waals surface area (Å²) in [5.41, 5.74) is 1.13. The first-order chi connectivity index (χ1) is 13.0. The molecule has 27 heavy (non-hydrogen) atoms. The number of sulfonamides is 1. The fourth-order valence-corrected chi connectivity index (χ4v) is 5.33. The van der Waals surface area contributed by atoms with Crippen molar-refractivity contribution in [2.45, 2.75) is 13.5 Å². The average molecular weight is 415 g/mol. The molecule has 1 heterocycles. The number of guanidine groups is 1. The predicted octanol–water partition coefficient (Wildman–Crippen LogP) is 1.47. The predicted molar refractivity (Wildman–Crippen MR) is 113 cm³/mol. The Morgan fingerprint density at radius 2 is 1.96 bits per heavy atom. The molecule has 0 amide bonds. The standard InChI is InChI=1S/C18H30N4O3S2/c1-4-25-17-7-5-16(6-8-17)15-21(3)18(19-2)20-9-14-27(23,24)22-10-12-26-13-11-22/h5-8H,4,9-15H2,1-3H3,(H,19,20). The van der Waals surface area contributed by atoms with Gasteiger partial charge in [0.05, 0.1) is 12.4 Å². The maximum atomic E-state index is 12.4. The van der Waals surface area contributed by atoms with Crippen molar-refractivity contribution in [3.05, 3.63) is 29.8 Å². The van der Waals surface area contributed by atoms with E-state index in [1.807, 2.05) is 43.1 Å².